The molecule has 5 rings (SSSR count). The second-order valence-electron chi connectivity index (χ2n) is 10.9. The van der Waals surface area contributed by atoms with Gasteiger partial charge in [-0.2, -0.15) is 17.6 Å². The summed E-state index contributed by atoms with van der Waals surface area (Å²) in [4.78, 5) is 2.97. The molecule has 0 saturated heterocycles. The molecular weight excluding hydrogens is 674 g/mol. The zero-order chi connectivity index (χ0) is 32.4. The Morgan fingerprint density at radius 3 is 2.42 bits per heavy atom. The standard InChI is InChI=1S/C31H37ClN3O6S4/c1-4-35(5-2,6-3)41-45(39,40)20-10-18-33-26-15-13-23-11-7-8-12-25(23)31(26)43-30(33)22-29-34(17-9-19-44(36,37)38)27-21-24(32)14-16-28(27)42-29/h7-8,11-16,21-22H,4-6,9-10,17-20H2,1-3H3/q+1. The number of thioether (sulfide) groups is 1. The number of hydroxylamine groups is 3. The second kappa shape index (κ2) is 13.9. The van der Waals surface area contributed by atoms with Gasteiger partial charge in [0.15, 0.2) is 6.54 Å². The van der Waals surface area contributed by atoms with E-state index in [1.54, 1.807) is 23.1 Å². The minimum absolute atomic E-state index is 0.0610. The Balaban J connectivity index is 1.52. The van der Waals surface area contributed by atoms with Crippen LogP contribution in [0.4, 0.5) is 5.69 Å². The maximum Gasteiger partial charge on any atom is 0.314 e. The molecule has 0 amide bonds. The fourth-order valence-electron chi connectivity index (χ4n) is 5.59. The van der Waals surface area contributed by atoms with Gasteiger partial charge in [-0.25, -0.2) is 8.42 Å². The number of quaternary nitrogens is 1. The first-order valence-corrected chi connectivity index (χ1v) is 20.1. The summed E-state index contributed by atoms with van der Waals surface area (Å²) in [7, 11) is -8.13. The molecule has 242 valence electrons. The van der Waals surface area contributed by atoms with Crippen LogP contribution in [0.3, 0.4) is 0 Å². The first-order valence-electron chi connectivity index (χ1n) is 14.9. The second-order valence-corrected chi connectivity index (χ2v) is 16.6. The van der Waals surface area contributed by atoms with Gasteiger partial charge in [-0.05, 0) is 56.8 Å². The first kappa shape index (κ1) is 34.1. The van der Waals surface area contributed by atoms with E-state index in [9.17, 15) is 21.4 Å². The number of aryl methyl sites for hydroxylation is 1. The smallest absolute Gasteiger partial charge is 0.314 e. The number of hydrogen-bond donors (Lipinski definition) is 0. The van der Waals surface area contributed by atoms with Crippen LogP contribution in [0.25, 0.3) is 27.1 Å². The summed E-state index contributed by atoms with van der Waals surface area (Å²) >= 11 is 9.50. The topological polar surface area (TPSA) is 108 Å². The molecule has 0 bridgehead atoms. The van der Waals surface area contributed by atoms with Gasteiger partial charge < -0.3 is 9.45 Å². The molecule has 0 spiro atoms. The molecule has 45 heavy (non-hydrogen) atoms. The van der Waals surface area contributed by atoms with Crippen molar-refractivity contribution in [2.75, 3.05) is 42.6 Å². The van der Waals surface area contributed by atoms with Gasteiger partial charge in [0.25, 0.3) is 5.01 Å². The number of benzene rings is 3. The molecule has 1 aromatic heterocycles. The van der Waals surface area contributed by atoms with E-state index in [-0.39, 0.29) is 16.8 Å². The SMILES string of the molecule is CC[N+](CC)(CC)OS(=O)(=O)CCC[n+]1c(/C=C2\Sc3ccc(Cl)cc3N2CCCS(=O)(=O)[O-])sc2c3ccccc3ccc21. The predicted molar refractivity (Wildman–Crippen MR) is 183 cm³/mol. The van der Waals surface area contributed by atoms with Gasteiger partial charge >= 0.3 is 10.1 Å². The van der Waals surface area contributed by atoms with Gasteiger partial charge in [0.1, 0.15) is 24.3 Å². The minimum Gasteiger partial charge on any atom is -0.748 e. The van der Waals surface area contributed by atoms with E-state index in [2.05, 4.69) is 34.9 Å². The molecule has 0 fully saturated rings. The van der Waals surface area contributed by atoms with Gasteiger partial charge in [0.05, 0.1) is 32.7 Å². The van der Waals surface area contributed by atoms with E-state index >= 15 is 0 Å². The number of fused-ring (bicyclic) bond motifs is 4. The summed E-state index contributed by atoms with van der Waals surface area (Å²) in [5.74, 6) is -0.577. The van der Waals surface area contributed by atoms with Crippen molar-refractivity contribution in [3.63, 3.8) is 0 Å². The molecule has 0 N–H and O–H groups in total. The van der Waals surface area contributed by atoms with Crippen molar-refractivity contribution in [3.8, 4) is 0 Å². The third-order valence-electron chi connectivity index (χ3n) is 8.11. The Hall–Kier alpha value is -2.23. The van der Waals surface area contributed by atoms with Crippen molar-refractivity contribution in [1.29, 1.82) is 0 Å². The highest BCUT2D eigenvalue weighted by molar-refractivity contribution is 8.04. The molecule has 4 aromatic rings. The van der Waals surface area contributed by atoms with Crippen LogP contribution in [-0.2, 0) is 31.1 Å². The average molecular weight is 711 g/mol. The molecular formula is C31H37ClN3O6S4+. The van der Waals surface area contributed by atoms with Crippen molar-refractivity contribution in [2.24, 2.45) is 0 Å². The monoisotopic (exact) mass is 710 g/mol. The molecule has 9 nitrogen and oxygen atoms in total. The molecule has 1 aliphatic rings. The molecule has 0 aliphatic carbocycles. The fraction of sp³-hybridized carbons (Fsp3) is 0.387. The number of anilines is 1. The van der Waals surface area contributed by atoms with Crippen molar-refractivity contribution in [1.82, 2.24) is 0 Å². The predicted octanol–water partition coefficient (Wildman–Crippen LogP) is 6.37. The van der Waals surface area contributed by atoms with E-state index < -0.39 is 26.0 Å². The molecule has 14 heteroatoms. The molecule has 0 saturated carbocycles. The molecule has 0 atom stereocenters. The Labute approximate surface area is 278 Å². The summed E-state index contributed by atoms with van der Waals surface area (Å²) in [5, 5.41) is 4.56. The fourth-order valence-corrected chi connectivity index (χ4v) is 10.0. The Morgan fingerprint density at radius 1 is 0.978 bits per heavy atom. The summed E-state index contributed by atoms with van der Waals surface area (Å²) in [6.45, 7) is 8.23. The maximum absolute atomic E-state index is 13.1. The lowest BCUT2D eigenvalue weighted by Gasteiger charge is -2.30. The van der Waals surface area contributed by atoms with Gasteiger partial charge in [-0.15, -0.1) is 0 Å². The van der Waals surface area contributed by atoms with Crippen molar-refractivity contribution < 1.29 is 34.9 Å². The van der Waals surface area contributed by atoms with E-state index in [4.69, 9.17) is 15.9 Å². The lowest BCUT2D eigenvalue weighted by molar-refractivity contribution is -1.08. The van der Waals surface area contributed by atoms with Crippen molar-refractivity contribution in [2.45, 2.75) is 45.1 Å². The van der Waals surface area contributed by atoms with Crippen LogP contribution in [0.5, 0.6) is 0 Å². The van der Waals surface area contributed by atoms with Gasteiger partial charge in [-0.3, -0.25) is 0 Å². The van der Waals surface area contributed by atoms with Crippen LogP contribution in [0.15, 0.2) is 64.5 Å². The first-order chi connectivity index (χ1) is 21.4. The normalized spacial score (nSPS) is 15.0. The summed E-state index contributed by atoms with van der Waals surface area (Å²) in [6.07, 6.45) is 2.58. The van der Waals surface area contributed by atoms with E-state index in [1.165, 1.54) is 0 Å². The molecule has 2 heterocycles. The molecule has 0 unspecified atom stereocenters. The summed E-state index contributed by atoms with van der Waals surface area (Å²) in [5.41, 5.74) is 1.85. The minimum atomic E-state index is -4.35. The van der Waals surface area contributed by atoms with Gasteiger partial charge in [0, 0.05) is 40.1 Å². The van der Waals surface area contributed by atoms with Crippen LogP contribution >= 0.6 is 34.7 Å². The largest absolute Gasteiger partial charge is 0.748 e. The molecule has 3 aromatic carbocycles. The number of nitrogens with zero attached hydrogens (tertiary/aromatic N) is 3. The van der Waals surface area contributed by atoms with Crippen molar-refractivity contribution in [3.05, 3.63) is 69.7 Å². The third kappa shape index (κ3) is 7.84. The van der Waals surface area contributed by atoms with Crippen molar-refractivity contribution >= 4 is 87.7 Å². The highest BCUT2D eigenvalue weighted by Crippen LogP contribution is 2.48. The average Bonchev–Trinajstić information content (AvgIpc) is 3.52. The number of halogens is 1. The van der Waals surface area contributed by atoms with Crippen LogP contribution < -0.4 is 9.47 Å². The van der Waals surface area contributed by atoms with E-state index in [0.29, 0.717) is 44.2 Å². The van der Waals surface area contributed by atoms with Gasteiger partial charge in [-0.1, -0.05) is 63.2 Å². The van der Waals surface area contributed by atoms with Crippen LogP contribution in [0.1, 0.15) is 38.6 Å². The van der Waals surface area contributed by atoms with E-state index in [1.807, 2.05) is 56.0 Å². The zero-order valence-electron chi connectivity index (χ0n) is 25.4. The molecule has 0 radical (unpaired) electrons. The maximum atomic E-state index is 13.1. The summed E-state index contributed by atoms with van der Waals surface area (Å²) in [6, 6.07) is 17.9. The lowest BCUT2D eigenvalue weighted by atomic mass is 10.1. The Kier molecular flexibility index (Phi) is 10.5. The van der Waals surface area contributed by atoms with Crippen LogP contribution in [0.2, 0.25) is 5.02 Å². The number of aromatic nitrogens is 1. The zero-order valence-corrected chi connectivity index (χ0v) is 29.5. The highest BCUT2D eigenvalue weighted by Gasteiger charge is 2.32. The quantitative estimate of drug-likeness (QED) is 0.0644. The van der Waals surface area contributed by atoms with Crippen LogP contribution in [-0.4, -0.2) is 63.7 Å². The Bertz CT molecular complexity index is 1950. The van der Waals surface area contributed by atoms with Crippen LogP contribution in [0, 0.1) is 0 Å². The number of rotatable bonds is 14. The summed E-state index contributed by atoms with van der Waals surface area (Å²) < 4.78 is 69.2. The van der Waals surface area contributed by atoms with Gasteiger partial charge in [0.2, 0.25) is 5.52 Å². The Morgan fingerprint density at radius 2 is 1.71 bits per heavy atom. The highest BCUT2D eigenvalue weighted by atomic mass is 35.5. The van der Waals surface area contributed by atoms with E-state index in [0.717, 1.165) is 41.6 Å². The number of hydrogen-bond acceptors (Lipinski definition) is 9. The number of thiazole rings is 1. The lowest BCUT2D eigenvalue weighted by Crippen LogP contribution is -2.49. The third-order valence-corrected chi connectivity index (χ3v) is 12.8. The molecule has 1 aliphatic heterocycles.